The maximum Gasteiger partial charge on any atom is 0.163 e. The number of carbonyl (C=O) groups excluding carboxylic acids is 1. The lowest BCUT2D eigenvalue weighted by Crippen LogP contribution is -2.16. The third kappa shape index (κ3) is 4.66. The van der Waals surface area contributed by atoms with Gasteiger partial charge in [-0.1, -0.05) is 89.4 Å². The van der Waals surface area contributed by atoms with Gasteiger partial charge in [-0.05, 0) is 46.7 Å². The van der Waals surface area contributed by atoms with Crippen molar-refractivity contribution >= 4 is 51.4 Å². The van der Waals surface area contributed by atoms with Crippen LogP contribution in [0.4, 0.5) is 0 Å². The quantitative estimate of drug-likeness (QED) is 0.261. The Morgan fingerprint density at radius 2 is 1.47 bits per heavy atom. The van der Waals surface area contributed by atoms with Crippen molar-refractivity contribution in [3.8, 4) is 6.07 Å². The molecule has 0 aliphatic rings. The van der Waals surface area contributed by atoms with Crippen molar-refractivity contribution in [3.05, 3.63) is 117 Å². The minimum absolute atomic E-state index is 0.0564. The minimum Gasteiger partial charge on any atom is -0.294 e. The molecule has 0 heterocycles. The molecule has 2 atom stereocenters. The number of hydrogen-bond acceptors (Lipinski definition) is 2. The molecule has 5 heteroatoms. The van der Waals surface area contributed by atoms with E-state index in [0.717, 1.165) is 16.3 Å². The molecule has 0 bridgehead atoms. The number of nitrogens with zero attached hydrogens (tertiary/aromatic N) is 1. The standard InChI is InChI=1S/C27H18Cl3NO/c28-21-12-10-18(11-13-21)22(23(16-31)27-24(29)6-3-7-25(27)30)15-26(32)20-9-8-17-4-1-2-5-19(17)14-20/h1-14,22-23H,15H2/t22-,23-/m0/s1. The lowest BCUT2D eigenvalue weighted by Gasteiger charge is -2.24. The lowest BCUT2D eigenvalue weighted by atomic mass is 9.78. The zero-order valence-electron chi connectivity index (χ0n) is 16.9. The molecule has 0 aliphatic carbocycles. The highest BCUT2D eigenvalue weighted by Crippen LogP contribution is 2.42. The van der Waals surface area contributed by atoms with Gasteiger partial charge in [0, 0.05) is 38.5 Å². The number of carbonyl (C=O) groups is 1. The summed E-state index contributed by atoms with van der Waals surface area (Å²) in [4.78, 5) is 13.4. The first-order chi connectivity index (χ1) is 15.5. The van der Waals surface area contributed by atoms with Gasteiger partial charge in [-0.2, -0.15) is 5.26 Å². The lowest BCUT2D eigenvalue weighted by molar-refractivity contribution is 0.0972. The smallest absolute Gasteiger partial charge is 0.163 e. The van der Waals surface area contributed by atoms with Crippen LogP contribution in [0.25, 0.3) is 10.8 Å². The summed E-state index contributed by atoms with van der Waals surface area (Å²) >= 11 is 19.0. The van der Waals surface area contributed by atoms with E-state index in [1.54, 1.807) is 30.3 Å². The van der Waals surface area contributed by atoms with Crippen molar-refractivity contribution in [2.45, 2.75) is 18.3 Å². The molecule has 0 fully saturated rings. The van der Waals surface area contributed by atoms with Gasteiger partial charge in [0.1, 0.15) is 0 Å². The Morgan fingerprint density at radius 1 is 0.812 bits per heavy atom. The molecule has 4 aromatic rings. The molecule has 0 N–H and O–H groups in total. The second-order valence-electron chi connectivity index (χ2n) is 7.59. The molecule has 0 spiro atoms. The van der Waals surface area contributed by atoms with Gasteiger partial charge in [-0.15, -0.1) is 0 Å². The van der Waals surface area contributed by atoms with Crippen LogP contribution in [-0.4, -0.2) is 5.78 Å². The number of Topliss-reactive ketones (excluding diaryl/α,β-unsaturated/α-hetero) is 1. The highest BCUT2D eigenvalue weighted by atomic mass is 35.5. The van der Waals surface area contributed by atoms with E-state index in [0.29, 0.717) is 26.2 Å². The van der Waals surface area contributed by atoms with Crippen LogP contribution in [0.5, 0.6) is 0 Å². The normalized spacial score (nSPS) is 12.8. The van der Waals surface area contributed by atoms with E-state index in [-0.39, 0.29) is 12.2 Å². The summed E-state index contributed by atoms with van der Waals surface area (Å²) in [6.45, 7) is 0. The Morgan fingerprint density at radius 3 is 2.12 bits per heavy atom. The largest absolute Gasteiger partial charge is 0.294 e. The number of halogens is 3. The zero-order chi connectivity index (χ0) is 22.7. The molecule has 0 radical (unpaired) electrons. The molecule has 2 nitrogen and oxygen atoms in total. The average molecular weight is 479 g/mol. The van der Waals surface area contributed by atoms with Crippen LogP contribution in [0.1, 0.15) is 39.7 Å². The van der Waals surface area contributed by atoms with Gasteiger partial charge in [0.15, 0.2) is 5.78 Å². The van der Waals surface area contributed by atoms with E-state index >= 15 is 0 Å². The van der Waals surface area contributed by atoms with Gasteiger partial charge < -0.3 is 0 Å². The van der Waals surface area contributed by atoms with Gasteiger partial charge in [-0.3, -0.25) is 4.79 Å². The van der Waals surface area contributed by atoms with E-state index in [1.807, 2.05) is 54.6 Å². The van der Waals surface area contributed by atoms with Crippen molar-refractivity contribution in [2.75, 3.05) is 0 Å². The van der Waals surface area contributed by atoms with Crippen molar-refractivity contribution in [3.63, 3.8) is 0 Å². The molecular weight excluding hydrogens is 461 g/mol. The molecule has 0 unspecified atom stereocenters. The van der Waals surface area contributed by atoms with Gasteiger partial charge in [-0.25, -0.2) is 0 Å². The fourth-order valence-electron chi connectivity index (χ4n) is 3.98. The maximum absolute atomic E-state index is 13.4. The van der Waals surface area contributed by atoms with E-state index in [2.05, 4.69) is 6.07 Å². The van der Waals surface area contributed by atoms with Crippen molar-refractivity contribution in [1.29, 1.82) is 5.26 Å². The van der Waals surface area contributed by atoms with Gasteiger partial charge >= 0.3 is 0 Å². The van der Waals surface area contributed by atoms with Gasteiger partial charge in [0.25, 0.3) is 0 Å². The highest BCUT2D eigenvalue weighted by Gasteiger charge is 2.30. The van der Waals surface area contributed by atoms with Crippen molar-refractivity contribution < 1.29 is 4.79 Å². The second kappa shape index (κ2) is 9.76. The number of ketones is 1. The predicted octanol–water partition coefficient (Wildman–Crippen LogP) is 8.46. The molecule has 0 aliphatic heterocycles. The number of benzene rings is 4. The molecule has 4 aromatic carbocycles. The molecule has 4 rings (SSSR count). The highest BCUT2D eigenvalue weighted by molar-refractivity contribution is 6.36. The monoisotopic (exact) mass is 477 g/mol. The van der Waals surface area contributed by atoms with Crippen LogP contribution in [0.2, 0.25) is 15.1 Å². The summed E-state index contributed by atoms with van der Waals surface area (Å²) in [6.07, 6.45) is 0.125. The Labute approximate surface area is 202 Å². The summed E-state index contributed by atoms with van der Waals surface area (Å²) in [6, 6.07) is 28.2. The summed E-state index contributed by atoms with van der Waals surface area (Å²) in [5.41, 5.74) is 1.96. The zero-order valence-corrected chi connectivity index (χ0v) is 19.2. The van der Waals surface area contributed by atoms with Crippen LogP contribution in [0, 0.1) is 11.3 Å². The number of fused-ring (bicyclic) bond motifs is 1. The van der Waals surface area contributed by atoms with E-state index in [9.17, 15) is 10.1 Å². The molecule has 0 saturated carbocycles. The number of nitriles is 1. The molecule has 0 saturated heterocycles. The van der Waals surface area contributed by atoms with Crippen molar-refractivity contribution in [2.24, 2.45) is 0 Å². The van der Waals surface area contributed by atoms with Crippen LogP contribution < -0.4 is 0 Å². The van der Waals surface area contributed by atoms with Crippen molar-refractivity contribution in [1.82, 2.24) is 0 Å². The topological polar surface area (TPSA) is 40.9 Å². The number of hydrogen-bond donors (Lipinski definition) is 0. The van der Waals surface area contributed by atoms with Gasteiger partial charge in [0.2, 0.25) is 0 Å². The summed E-state index contributed by atoms with van der Waals surface area (Å²) < 4.78 is 0. The van der Waals surface area contributed by atoms with Gasteiger partial charge in [0.05, 0.1) is 12.0 Å². The number of rotatable bonds is 6. The van der Waals surface area contributed by atoms with Crippen LogP contribution in [0.15, 0.2) is 84.9 Å². The van der Waals surface area contributed by atoms with E-state index in [1.165, 1.54) is 0 Å². The average Bonchev–Trinajstić information content (AvgIpc) is 2.80. The first kappa shape index (κ1) is 22.4. The molecule has 32 heavy (non-hydrogen) atoms. The first-order valence-electron chi connectivity index (χ1n) is 10.1. The molecule has 158 valence electrons. The first-order valence-corrected chi connectivity index (χ1v) is 11.2. The SMILES string of the molecule is N#C[C@H](c1c(Cl)cccc1Cl)[C@@H](CC(=O)c1ccc2ccccc2c1)c1ccc(Cl)cc1. The minimum atomic E-state index is -0.707. The molecule has 0 amide bonds. The fourth-order valence-corrected chi connectivity index (χ4v) is 4.74. The van der Waals surface area contributed by atoms with E-state index in [4.69, 9.17) is 34.8 Å². The second-order valence-corrected chi connectivity index (χ2v) is 8.84. The Kier molecular flexibility index (Phi) is 6.82. The molecule has 0 aromatic heterocycles. The summed E-state index contributed by atoms with van der Waals surface area (Å²) in [5, 5.41) is 13.6. The van der Waals surface area contributed by atoms with Crippen LogP contribution in [0.3, 0.4) is 0 Å². The summed E-state index contributed by atoms with van der Waals surface area (Å²) in [7, 11) is 0. The third-order valence-corrected chi connectivity index (χ3v) is 6.54. The van der Waals surface area contributed by atoms with E-state index < -0.39 is 11.8 Å². The third-order valence-electron chi connectivity index (χ3n) is 5.63. The fraction of sp³-hybridized carbons (Fsp3) is 0.111. The summed E-state index contributed by atoms with van der Waals surface area (Å²) in [5.74, 6) is -1.21. The molecular formula is C27H18Cl3NO. The Balaban J connectivity index is 1.76. The van der Waals surface area contributed by atoms with Crippen LogP contribution in [-0.2, 0) is 0 Å². The Bertz CT molecular complexity index is 1300. The van der Waals surface area contributed by atoms with Crippen LogP contribution >= 0.6 is 34.8 Å². The Hall–Kier alpha value is -2.83. The predicted molar refractivity (Wildman–Crippen MR) is 132 cm³/mol. The maximum atomic E-state index is 13.4.